The lowest BCUT2D eigenvalue weighted by Gasteiger charge is -2.36. The summed E-state index contributed by atoms with van der Waals surface area (Å²) in [5.74, 6) is 1.33. The second kappa shape index (κ2) is 4.10. The molecule has 0 atom stereocenters. The minimum absolute atomic E-state index is 0.353. The fraction of sp³-hybridized carbons (Fsp3) is 0.800. The molecule has 1 fully saturated rings. The number of rotatable bonds is 3. The van der Waals surface area contributed by atoms with Gasteiger partial charge in [0.25, 0.3) is 0 Å². The van der Waals surface area contributed by atoms with Crippen LogP contribution in [0.3, 0.4) is 0 Å². The Labute approximate surface area is 94.6 Å². The fourth-order valence-corrected chi connectivity index (χ4v) is 2.22. The van der Waals surface area contributed by atoms with Gasteiger partial charge < -0.3 is 4.74 Å². The van der Waals surface area contributed by atoms with E-state index in [0.717, 1.165) is 18.7 Å². The maximum absolute atomic E-state index is 6.04. The summed E-state index contributed by atoms with van der Waals surface area (Å²) in [6.45, 7) is 4.20. The first-order valence-corrected chi connectivity index (χ1v) is 5.64. The Morgan fingerprint density at radius 1 is 1.40 bits per heavy atom. The van der Waals surface area contributed by atoms with Gasteiger partial charge in [-0.3, -0.25) is 4.57 Å². The van der Waals surface area contributed by atoms with Crippen LogP contribution in [0, 0.1) is 0 Å². The molecular weight excluding hydrogens is 214 g/mol. The number of aromatic nitrogens is 3. The molecule has 15 heavy (non-hydrogen) atoms. The van der Waals surface area contributed by atoms with Crippen LogP contribution in [-0.2, 0) is 4.74 Å². The van der Waals surface area contributed by atoms with Crippen LogP contribution in [0.15, 0.2) is 0 Å². The third-order valence-corrected chi connectivity index (χ3v) is 3.22. The van der Waals surface area contributed by atoms with Crippen LogP contribution >= 0.6 is 11.6 Å². The number of methoxy groups -OCH3 is 1. The SMILES string of the molecule is COC1CC(n2c(Cl)nnc2C(C)C)C1. The maximum Gasteiger partial charge on any atom is 0.225 e. The van der Waals surface area contributed by atoms with Crippen molar-refractivity contribution in [3.05, 3.63) is 11.1 Å². The van der Waals surface area contributed by atoms with Crippen LogP contribution in [0.5, 0.6) is 0 Å². The average Bonchev–Trinajstić information content (AvgIpc) is 2.47. The Kier molecular flexibility index (Phi) is 2.98. The molecule has 0 aliphatic heterocycles. The van der Waals surface area contributed by atoms with Gasteiger partial charge in [-0.1, -0.05) is 13.8 Å². The van der Waals surface area contributed by atoms with Gasteiger partial charge in [-0.05, 0) is 24.4 Å². The highest BCUT2D eigenvalue weighted by atomic mass is 35.5. The van der Waals surface area contributed by atoms with Gasteiger partial charge in [0, 0.05) is 19.1 Å². The Morgan fingerprint density at radius 3 is 2.60 bits per heavy atom. The zero-order chi connectivity index (χ0) is 11.0. The second-order valence-corrected chi connectivity index (χ2v) is 4.67. The summed E-state index contributed by atoms with van der Waals surface area (Å²) < 4.78 is 7.30. The van der Waals surface area contributed by atoms with E-state index in [1.165, 1.54) is 0 Å². The Hall–Kier alpha value is -0.610. The molecule has 0 aromatic carbocycles. The molecule has 0 N–H and O–H groups in total. The summed E-state index contributed by atoms with van der Waals surface area (Å²) >= 11 is 6.04. The lowest BCUT2D eigenvalue weighted by Crippen LogP contribution is -2.33. The molecule has 1 aliphatic carbocycles. The summed E-state index contributed by atoms with van der Waals surface area (Å²) in [5, 5.41) is 8.54. The number of nitrogens with zero attached hydrogens (tertiary/aromatic N) is 3. The molecule has 0 saturated heterocycles. The number of ether oxygens (including phenoxy) is 1. The Morgan fingerprint density at radius 2 is 2.07 bits per heavy atom. The van der Waals surface area contributed by atoms with Crippen molar-refractivity contribution in [2.45, 2.75) is 44.8 Å². The van der Waals surface area contributed by atoms with Crippen molar-refractivity contribution in [2.24, 2.45) is 0 Å². The molecule has 0 spiro atoms. The first kappa shape index (κ1) is 10.9. The Bertz CT molecular complexity index is 344. The second-order valence-electron chi connectivity index (χ2n) is 4.33. The molecule has 0 amide bonds. The average molecular weight is 230 g/mol. The molecule has 1 aliphatic rings. The minimum atomic E-state index is 0.353. The van der Waals surface area contributed by atoms with Gasteiger partial charge in [-0.2, -0.15) is 0 Å². The first-order valence-electron chi connectivity index (χ1n) is 5.26. The summed E-state index contributed by atoms with van der Waals surface area (Å²) in [7, 11) is 1.75. The molecule has 2 rings (SSSR count). The molecule has 4 nitrogen and oxygen atoms in total. The van der Waals surface area contributed by atoms with Gasteiger partial charge in [0.2, 0.25) is 5.28 Å². The Balaban J connectivity index is 2.17. The quantitative estimate of drug-likeness (QED) is 0.799. The van der Waals surface area contributed by atoms with Crippen molar-refractivity contribution in [2.75, 3.05) is 7.11 Å². The highest BCUT2D eigenvalue weighted by Crippen LogP contribution is 2.37. The molecule has 84 valence electrons. The molecule has 5 heteroatoms. The van der Waals surface area contributed by atoms with Gasteiger partial charge in [-0.15, -0.1) is 10.2 Å². The molecule has 0 bridgehead atoms. The van der Waals surface area contributed by atoms with E-state index in [2.05, 4.69) is 24.0 Å². The van der Waals surface area contributed by atoms with Crippen LogP contribution in [0.1, 0.15) is 44.5 Å². The number of hydrogen-bond acceptors (Lipinski definition) is 3. The van der Waals surface area contributed by atoms with Gasteiger partial charge >= 0.3 is 0 Å². The van der Waals surface area contributed by atoms with Gasteiger partial charge in [0.1, 0.15) is 5.82 Å². The zero-order valence-corrected chi connectivity index (χ0v) is 10.0. The van der Waals surface area contributed by atoms with Crippen molar-refractivity contribution in [1.82, 2.24) is 14.8 Å². The summed E-state index contributed by atoms with van der Waals surface area (Å²) in [6.07, 6.45) is 2.38. The maximum atomic E-state index is 6.04. The van der Waals surface area contributed by atoms with Crippen LogP contribution in [0.25, 0.3) is 0 Å². The smallest absolute Gasteiger partial charge is 0.225 e. The third-order valence-electron chi connectivity index (χ3n) is 2.97. The van der Waals surface area contributed by atoms with Crippen LogP contribution in [-0.4, -0.2) is 28.0 Å². The van der Waals surface area contributed by atoms with Crippen LogP contribution in [0.2, 0.25) is 5.28 Å². The highest BCUT2D eigenvalue weighted by Gasteiger charge is 2.33. The molecule has 0 unspecified atom stereocenters. The molecule has 1 aromatic heterocycles. The molecule has 1 aromatic rings. The molecular formula is C10H16ClN3O. The predicted molar refractivity (Wildman–Crippen MR) is 58.2 cm³/mol. The molecule has 1 saturated carbocycles. The van der Waals surface area contributed by atoms with E-state index in [-0.39, 0.29) is 0 Å². The van der Waals surface area contributed by atoms with Gasteiger partial charge in [0.15, 0.2) is 0 Å². The van der Waals surface area contributed by atoms with E-state index in [0.29, 0.717) is 23.3 Å². The number of halogens is 1. The van der Waals surface area contributed by atoms with Crippen molar-refractivity contribution in [3.8, 4) is 0 Å². The van der Waals surface area contributed by atoms with Crippen LogP contribution in [0.4, 0.5) is 0 Å². The minimum Gasteiger partial charge on any atom is -0.381 e. The van der Waals surface area contributed by atoms with E-state index in [1.54, 1.807) is 7.11 Å². The lowest BCUT2D eigenvalue weighted by molar-refractivity contribution is 0.00519. The molecule has 1 heterocycles. The summed E-state index contributed by atoms with van der Waals surface area (Å²) in [6, 6.07) is 0.412. The number of hydrogen-bond donors (Lipinski definition) is 0. The molecule has 0 radical (unpaired) electrons. The van der Waals surface area contributed by atoms with Crippen LogP contribution < -0.4 is 0 Å². The van der Waals surface area contributed by atoms with Crippen molar-refractivity contribution in [3.63, 3.8) is 0 Å². The normalized spacial score (nSPS) is 25.7. The van der Waals surface area contributed by atoms with Crippen molar-refractivity contribution in [1.29, 1.82) is 0 Å². The zero-order valence-electron chi connectivity index (χ0n) is 9.27. The fourth-order valence-electron chi connectivity index (χ4n) is 1.96. The van der Waals surface area contributed by atoms with Gasteiger partial charge in [0.05, 0.1) is 6.10 Å². The van der Waals surface area contributed by atoms with E-state index in [1.807, 2.05) is 4.57 Å². The third kappa shape index (κ3) is 1.88. The standard InChI is InChI=1S/C10H16ClN3O/c1-6(2)9-12-13-10(11)14(9)7-4-8(5-7)15-3/h6-8H,4-5H2,1-3H3. The van der Waals surface area contributed by atoms with Gasteiger partial charge in [-0.25, -0.2) is 0 Å². The van der Waals surface area contributed by atoms with Crippen molar-refractivity contribution >= 4 is 11.6 Å². The monoisotopic (exact) mass is 229 g/mol. The van der Waals surface area contributed by atoms with E-state index >= 15 is 0 Å². The lowest BCUT2D eigenvalue weighted by atomic mass is 9.88. The van der Waals surface area contributed by atoms with Crippen molar-refractivity contribution < 1.29 is 4.74 Å². The first-order chi connectivity index (χ1) is 7.13. The predicted octanol–water partition coefficient (Wildman–Crippen LogP) is 2.40. The highest BCUT2D eigenvalue weighted by molar-refractivity contribution is 6.28. The summed E-state index contributed by atoms with van der Waals surface area (Å²) in [5.41, 5.74) is 0. The topological polar surface area (TPSA) is 39.9 Å². The largest absolute Gasteiger partial charge is 0.381 e. The summed E-state index contributed by atoms with van der Waals surface area (Å²) in [4.78, 5) is 0. The van der Waals surface area contributed by atoms with E-state index < -0.39 is 0 Å². The van der Waals surface area contributed by atoms with E-state index in [4.69, 9.17) is 16.3 Å². The van der Waals surface area contributed by atoms with E-state index in [9.17, 15) is 0 Å².